The Bertz CT molecular complexity index is 873. The van der Waals surface area contributed by atoms with E-state index in [-0.39, 0.29) is 17.5 Å². The fraction of sp³-hybridized carbons (Fsp3) is 0.409. The maximum Gasteiger partial charge on any atom is 0.288 e. The Kier molecular flexibility index (Phi) is 3.93. The lowest BCUT2D eigenvalue weighted by molar-refractivity contribution is -0.0438. The van der Waals surface area contributed by atoms with Gasteiger partial charge in [-0.25, -0.2) is 9.38 Å². The molecule has 2 aliphatic heterocycles. The summed E-state index contributed by atoms with van der Waals surface area (Å²) >= 11 is 0. The highest BCUT2D eigenvalue weighted by atomic mass is 19.1. The van der Waals surface area contributed by atoms with E-state index in [1.807, 2.05) is 12.1 Å². The van der Waals surface area contributed by atoms with Crippen LogP contribution in [-0.4, -0.2) is 36.2 Å². The molecule has 1 spiro atoms. The quantitative estimate of drug-likeness (QED) is 0.889. The number of benzene rings is 2. The first-order valence-electron chi connectivity index (χ1n) is 9.71. The lowest BCUT2D eigenvalue weighted by atomic mass is 9.71. The van der Waals surface area contributed by atoms with Gasteiger partial charge in [-0.15, -0.1) is 0 Å². The minimum Gasteiger partial charge on any atom is -0.457 e. The molecule has 0 bridgehead atoms. The van der Waals surface area contributed by atoms with Crippen molar-refractivity contribution in [2.24, 2.45) is 16.6 Å². The number of nitrogens with zero attached hydrogens (tertiary/aromatic N) is 2. The van der Waals surface area contributed by atoms with Crippen molar-refractivity contribution < 1.29 is 9.13 Å². The van der Waals surface area contributed by atoms with Gasteiger partial charge in [0.2, 0.25) is 0 Å². The molecule has 1 aliphatic carbocycles. The van der Waals surface area contributed by atoms with E-state index in [0.29, 0.717) is 12.5 Å². The lowest BCUT2D eigenvalue weighted by Crippen LogP contribution is -2.51. The smallest absolute Gasteiger partial charge is 0.288 e. The number of rotatable bonds is 2. The zero-order valence-electron chi connectivity index (χ0n) is 15.3. The fourth-order valence-corrected chi connectivity index (χ4v) is 4.77. The molecule has 2 aromatic carbocycles. The van der Waals surface area contributed by atoms with Gasteiger partial charge in [0.15, 0.2) is 0 Å². The van der Waals surface area contributed by atoms with Gasteiger partial charge in [-0.2, -0.15) is 0 Å². The number of hydrogen-bond acceptors (Lipinski definition) is 4. The van der Waals surface area contributed by atoms with Crippen molar-refractivity contribution in [2.45, 2.75) is 30.9 Å². The zero-order chi connectivity index (χ0) is 18.4. The topological polar surface area (TPSA) is 50.8 Å². The minimum absolute atomic E-state index is 0.00479. The largest absolute Gasteiger partial charge is 0.457 e. The number of ether oxygens (including phenoxy) is 1. The Morgan fingerprint density at radius 3 is 2.70 bits per heavy atom. The van der Waals surface area contributed by atoms with E-state index in [1.165, 1.54) is 23.3 Å². The summed E-state index contributed by atoms with van der Waals surface area (Å²) in [6, 6.07) is 16.0. The molecular formula is C22H24FN3O. The van der Waals surface area contributed by atoms with Crippen LogP contribution in [0.3, 0.4) is 0 Å². The molecule has 1 fully saturated rings. The first-order chi connectivity index (χ1) is 13.2. The van der Waals surface area contributed by atoms with E-state index >= 15 is 0 Å². The predicted octanol–water partition coefficient (Wildman–Crippen LogP) is 3.27. The third-order valence-electron chi connectivity index (χ3n) is 6.18. The van der Waals surface area contributed by atoms with Crippen LogP contribution in [0.2, 0.25) is 0 Å². The Labute approximate surface area is 158 Å². The summed E-state index contributed by atoms with van der Waals surface area (Å²) < 4.78 is 19.9. The number of halogens is 1. The zero-order valence-corrected chi connectivity index (χ0v) is 15.3. The molecule has 2 N–H and O–H groups in total. The second-order valence-corrected chi connectivity index (χ2v) is 7.99. The molecule has 0 unspecified atom stereocenters. The molecular weight excluding hydrogens is 341 g/mol. The first kappa shape index (κ1) is 16.8. The van der Waals surface area contributed by atoms with Gasteiger partial charge in [-0.3, -0.25) is 0 Å². The number of nitrogens with two attached hydrogens (primary N) is 1. The Balaban J connectivity index is 1.47. The summed E-state index contributed by atoms with van der Waals surface area (Å²) in [7, 11) is 0. The molecule has 5 heteroatoms. The SMILES string of the molecule is NC[C@H]1C[C@@]2(CN=C(N3CCc4ccccc4[C@@H]3c3ccc(F)cc3)O2)C1. The van der Waals surface area contributed by atoms with E-state index in [9.17, 15) is 4.39 Å². The molecule has 27 heavy (non-hydrogen) atoms. The van der Waals surface area contributed by atoms with Crippen LogP contribution in [0.4, 0.5) is 4.39 Å². The maximum absolute atomic E-state index is 13.5. The van der Waals surface area contributed by atoms with Crippen molar-refractivity contribution in [3.05, 3.63) is 71.0 Å². The average Bonchev–Trinajstić information content (AvgIpc) is 3.12. The Morgan fingerprint density at radius 2 is 1.93 bits per heavy atom. The second-order valence-electron chi connectivity index (χ2n) is 7.99. The summed E-state index contributed by atoms with van der Waals surface area (Å²) in [5.41, 5.74) is 9.28. The molecule has 0 radical (unpaired) electrons. The molecule has 5 rings (SSSR count). The molecule has 140 valence electrons. The summed E-state index contributed by atoms with van der Waals surface area (Å²) in [5.74, 6) is 0.333. The Hall–Kier alpha value is -2.40. The van der Waals surface area contributed by atoms with Crippen molar-refractivity contribution in [3.8, 4) is 0 Å². The van der Waals surface area contributed by atoms with Crippen molar-refractivity contribution >= 4 is 6.02 Å². The van der Waals surface area contributed by atoms with Gasteiger partial charge in [0, 0.05) is 6.54 Å². The summed E-state index contributed by atoms with van der Waals surface area (Å²) in [5, 5.41) is 0. The third kappa shape index (κ3) is 2.81. The molecule has 0 amide bonds. The minimum atomic E-state index is -0.218. The molecule has 2 aromatic rings. The van der Waals surface area contributed by atoms with Crippen LogP contribution >= 0.6 is 0 Å². The van der Waals surface area contributed by atoms with Crippen molar-refractivity contribution in [2.75, 3.05) is 19.6 Å². The fourth-order valence-electron chi connectivity index (χ4n) is 4.77. The van der Waals surface area contributed by atoms with Crippen LogP contribution in [0.1, 0.15) is 35.6 Å². The van der Waals surface area contributed by atoms with Crippen LogP contribution in [0.15, 0.2) is 53.5 Å². The Morgan fingerprint density at radius 1 is 1.15 bits per heavy atom. The van der Waals surface area contributed by atoms with Crippen LogP contribution in [0.25, 0.3) is 0 Å². The molecule has 0 aromatic heterocycles. The highest BCUT2D eigenvalue weighted by Gasteiger charge is 2.50. The molecule has 2 heterocycles. The van der Waals surface area contributed by atoms with Crippen LogP contribution in [0.5, 0.6) is 0 Å². The van der Waals surface area contributed by atoms with Gasteiger partial charge in [-0.1, -0.05) is 36.4 Å². The van der Waals surface area contributed by atoms with Gasteiger partial charge in [0.05, 0.1) is 12.6 Å². The normalized spacial score (nSPS) is 29.1. The molecule has 1 saturated carbocycles. The standard InChI is InChI=1S/C22H24FN3O/c23-18-7-5-17(6-8-18)20-19-4-2-1-3-16(19)9-10-26(20)21-25-14-22(27-21)11-15(12-22)13-24/h1-8,15,20H,9-14,24H2/t15-,20-,22-/m0/s1. The van der Waals surface area contributed by atoms with E-state index in [4.69, 9.17) is 15.5 Å². The number of hydrogen-bond donors (Lipinski definition) is 1. The second kappa shape index (κ2) is 6.34. The van der Waals surface area contributed by atoms with Crippen molar-refractivity contribution in [3.63, 3.8) is 0 Å². The van der Waals surface area contributed by atoms with Crippen LogP contribution < -0.4 is 5.73 Å². The van der Waals surface area contributed by atoms with Gasteiger partial charge in [0.25, 0.3) is 6.02 Å². The van der Waals surface area contributed by atoms with Gasteiger partial charge >= 0.3 is 0 Å². The van der Waals surface area contributed by atoms with Crippen molar-refractivity contribution in [1.29, 1.82) is 0 Å². The van der Waals surface area contributed by atoms with Crippen molar-refractivity contribution in [1.82, 2.24) is 4.90 Å². The molecule has 0 saturated heterocycles. The lowest BCUT2D eigenvalue weighted by Gasteiger charge is -2.45. The summed E-state index contributed by atoms with van der Waals surface area (Å²) in [4.78, 5) is 7.03. The van der Waals surface area contributed by atoms with Crippen LogP contribution in [0, 0.1) is 11.7 Å². The molecule has 1 atom stereocenters. The van der Waals surface area contributed by atoms with Crippen LogP contribution in [-0.2, 0) is 11.2 Å². The third-order valence-corrected chi connectivity index (χ3v) is 6.18. The summed E-state index contributed by atoms with van der Waals surface area (Å²) in [6.45, 7) is 2.27. The molecule has 3 aliphatic rings. The predicted molar refractivity (Wildman–Crippen MR) is 103 cm³/mol. The van der Waals surface area contributed by atoms with E-state index in [1.54, 1.807) is 0 Å². The van der Waals surface area contributed by atoms with Gasteiger partial charge < -0.3 is 15.4 Å². The van der Waals surface area contributed by atoms with E-state index < -0.39 is 0 Å². The van der Waals surface area contributed by atoms with Gasteiger partial charge in [0.1, 0.15) is 11.4 Å². The number of aliphatic imine (C=N–C) groups is 1. The number of fused-ring (bicyclic) bond motifs is 1. The molecule has 4 nitrogen and oxygen atoms in total. The average molecular weight is 365 g/mol. The summed E-state index contributed by atoms with van der Waals surface area (Å²) in [6.07, 6.45) is 2.93. The number of amidine groups is 1. The van der Waals surface area contributed by atoms with Gasteiger partial charge in [-0.05, 0) is 60.5 Å². The first-order valence-corrected chi connectivity index (χ1v) is 9.71. The van der Waals surface area contributed by atoms with E-state index in [2.05, 4.69) is 29.2 Å². The van der Waals surface area contributed by atoms with E-state index in [0.717, 1.165) is 43.9 Å². The maximum atomic E-state index is 13.5. The highest BCUT2D eigenvalue weighted by Crippen LogP contribution is 2.45. The highest BCUT2D eigenvalue weighted by molar-refractivity contribution is 5.78. The monoisotopic (exact) mass is 365 g/mol.